The topological polar surface area (TPSA) is 55.9 Å². The van der Waals surface area contributed by atoms with Gasteiger partial charge < -0.3 is 20.0 Å². The second-order valence-corrected chi connectivity index (χ2v) is 8.18. The smallest absolute Gasteiger partial charge is 0.317 e. The van der Waals surface area contributed by atoms with Crippen molar-refractivity contribution in [2.75, 3.05) is 44.7 Å². The third-order valence-electron chi connectivity index (χ3n) is 6.24. The van der Waals surface area contributed by atoms with Crippen molar-refractivity contribution < 1.29 is 9.59 Å². The van der Waals surface area contributed by atoms with E-state index in [2.05, 4.69) is 23.3 Å². The first-order valence-corrected chi connectivity index (χ1v) is 10.2. The maximum Gasteiger partial charge on any atom is 0.317 e. The minimum atomic E-state index is 0.0287. The fourth-order valence-corrected chi connectivity index (χ4v) is 4.67. The zero-order chi connectivity index (χ0) is 18.8. The number of anilines is 1. The number of hydrogen-bond donors (Lipinski definition) is 1. The SMILES string of the molecule is CN1CCC[C@@H](NC(=O)N2CCC(C(=O)N3CCc4ccccc43)CC2)C1. The molecule has 0 saturated carbocycles. The minimum absolute atomic E-state index is 0.0287. The Labute approximate surface area is 161 Å². The molecule has 3 aliphatic heterocycles. The Morgan fingerprint density at radius 1 is 1.04 bits per heavy atom. The van der Waals surface area contributed by atoms with Crippen LogP contribution in [0.15, 0.2) is 24.3 Å². The second-order valence-electron chi connectivity index (χ2n) is 8.18. The number of likely N-dealkylation sites (tertiary alicyclic amines) is 2. The molecule has 0 aromatic heterocycles. The largest absolute Gasteiger partial charge is 0.334 e. The molecule has 1 atom stereocenters. The number of piperidine rings is 2. The van der Waals surface area contributed by atoms with Crippen LogP contribution in [0.25, 0.3) is 0 Å². The van der Waals surface area contributed by atoms with Gasteiger partial charge in [-0.25, -0.2) is 4.79 Å². The van der Waals surface area contributed by atoms with Crippen LogP contribution in [0.3, 0.4) is 0 Å². The summed E-state index contributed by atoms with van der Waals surface area (Å²) in [6.45, 7) is 4.16. The molecular formula is C21H30N4O2. The number of fused-ring (bicyclic) bond motifs is 1. The van der Waals surface area contributed by atoms with Crippen LogP contribution in [0, 0.1) is 5.92 Å². The van der Waals surface area contributed by atoms with Crippen LogP contribution in [0.4, 0.5) is 10.5 Å². The summed E-state index contributed by atoms with van der Waals surface area (Å²) < 4.78 is 0. The van der Waals surface area contributed by atoms with Crippen molar-refractivity contribution in [3.8, 4) is 0 Å². The first kappa shape index (κ1) is 18.3. The number of likely N-dealkylation sites (N-methyl/N-ethyl adjacent to an activating group) is 1. The van der Waals surface area contributed by atoms with Crippen LogP contribution in [0.2, 0.25) is 0 Å². The van der Waals surface area contributed by atoms with E-state index < -0.39 is 0 Å². The highest BCUT2D eigenvalue weighted by atomic mass is 16.2. The number of amides is 3. The van der Waals surface area contributed by atoms with E-state index in [0.29, 0.717) is 13.1 Å². The predicted molar refractivity (Wildman–Crippen MR) is 106 cm³/mol. The molecule has 2 fully saturated rings. The molecule has 3 amide bonds. The van der Waals surface area contributed by atoms with Crippen LogP contribution in [0.1, 0.15) is 31.2 Å². The maximum atomic E-state index is 13.0. The van der Waals surface area contributed by atoms with E-state index in [1.165, 1.54) is 5.56 Å². The van der Waals surface area contributed by atoms with Gasteiger partial charge in [-0.15, -0.1) is 0 Å². The monoisotopic (exact) mass is 370 g/mol. The molecule has 1 N–H and O–H groups in total. The normalized spacial score (nSPS) is 24.0. The van der Waals surface area contributed by atoms with Gasteiger partial charge in [0.2, 0.25) is 5.91 Å². The summed E-state index contributed by atoms with van der Waals surface area (Å²) in [5, 5.41) is 3.18. The van der Waals surface area contributed by atoms with Crippen molar-refractivity contribution in [2.45, 2.75) is 38.1 Å². The predicted octanol–water partition coefficient (Wildman–Crippen LogP) is 2.09. The first-order valence-electron chi connectivity index (χ1n) is 10.2. The van der Waals surface area contributed by atoms with E-state index in [1.54, 1.807) is 0 Å². The van der Waals surface area contributed by atoms with E-state index in [4.69, 9.17) is 0 Å². The van der Waals surface area contributed by atoms with Crippen molar-refractivity contribution in [3.63, 3.8) is 0 Å². The zero-order valence-electron chi connectivity index (χ0n) is 16.2. The Hall–Kier alpha value is -2.08. The molecule has 6 nitrogen and oxygen atoms in total. The van der Waals surface area contributed by atoms with E-state index in [-0.39, 0.29) is 23.9 Å². The molecule has 0 spiro atoms. The lowest BCUT2D eigenvalue weighted by Gasteiger charge is -2.36. The summed E-state index contributed by atoms with van der Waals surface area (Å²) >= 11 is 0. The highest BCUT2D eigenvalue weighted by Crippen LogP contribution is 2.31. The summed E-state index contributed by atoms with van der Waals surface area (Å²) in [5.74, 6) is 0.259. The third-order valence-corrected chi connectivity index (χ3v) is 6.24. The Morgan fingerprint density at radius 2 is 1.81 bits per heavy atom. The van der Waals surface area contributed by atoms with Gasteiger partial charge in [0.1, 0.15) is 0 Å². The third kappa shape index (κ3) is 3.95. The number of urea groups is 1. The van der Waals surface area contributed by atoms with Gasteiger partial charge in [-0.2, -0.15) is 0 Å². The molecule has 4 rings (SSSR count). The molecule has 0 aliphatic carbocycles. The highest BCUT2D eigenvalue weighted by molar-refractivity contribution is 5.97. The fraction of sp³-hybridized carbons (Fsp3) is 0.619. The van der Waals surface area contributed by atoms with Crippen molar-refractivity contribution in [3.05, 3.63) is 29.8 Å². The minimum Gasteiger partial charge on any atom is -0.334 e. The molecule has 1 aromatic rings. The average Bonchev–Trinajstić information content (AvgIpc) is 3.12. The number of para-hydroxylation sites is 1. The maximum absolute atomic E-state index is 13.0. The molecule has 0 radical (unpaired) electrons. The number of hydrogen-bond acceptors (Lipinski definition) is 3. The zero-order valence-corrected chi connectivity index (χ0v) is 16.2. The number of carbonyl (C=O) groups is 2. The molecule has 1 aromatic carbocycles. The second kappa shape index (κ2) is 7.89. The Balaban J connectivity index is 1.29. The summed E-state index contributed by atoms with van der Waals surface area (Å²) in [6, 6.07) is 8.47. The van der Waals surface area contributed by atoms with Crippen LogP contribution in [-0.2, 0) is 11.2 Å². The van der Waals surface area contributed by atoms with Crippen LogP contribution >= 0.6 is 0 Å². The molecule has 3 heterocycles. The fourth-order valence-electron chi connectivity index (χ4n) is 4.67. The summed E-state index contributed by atoms with van der Waals surface area (Å²) in [6.07, 6.45) is 4.65. The Kier molecular flexibility index (Phi) is 5.34. The van der Waals surface area contributed by atoms with Crippen LogP contribution in [-0.4, -0.2) is 67.6 Å². The molecule has 3 aliphatic rings. The number of nitrogens with one attached hydrogen (secondary N) is 1. The van der Waals surface area contributed by atoms with Crippen molar-refractivity contribution >= 4 is 17.6 Å². The number of nitrogens with zero attached hydrogens (tertiary/aromatic N) is 3. The molecule has 0 bridgehead atoms. The van der Waals surface area contributed by atoms with Gasteiger partial charge in [-0.3, -0.25) is 4.79 Å². The lowest BCUT2D eigenvalue weighted by Crippen LogP contribution is -2.53. The number of rotatable bonds is 2. The Morgan fingerprint density at radius 3 is 2.59 bits per heavy atom. The van der Waals surface area contributed by atoms with E-state index in [1.807, 2.05) is 28.0 Å². The van der Waals surface area contributed by atoms with E-state index >= 15 is 0 Å². The lowest BCUT2D eigenvalue weighted by molar-refractivity contribution is -0.123. The standard InChI is InChI=1S/C21H30N4O2/c1-23-11-4-6-18(15-23)22-21(27)24-12-8-17(9-13-24)20(26)25-14-10-16-5-2-3-7-19(16)25/h2-3,5,7,17-18H,4,6,8-15H2,1H3,(H,22,27)/t18-/m1/s1. The van der Waals surface area contributed by atoms with Crippen molar-refractivity contribution in [2.24, 2.45) is 5.92 Å². The summed E-state index contributed by atoms with van der Waals surface area (Å²) in [7, 11) is 2.10. The summed E-state index contributed by atoms with van der Waals surface area (Å²) in [4.78, 5) is 31.7. The van der Waals surface area contributed by atoms with Crippen LogP contribution < -0.4 is 10.2 Å². The Bertz CT molecular complexity index is 699. The quantitative estimate of drug-likeness (QED) is 0.867. The van der Waals surface area contributed by atoms with Gasteiger partial charge in [-0.05, 0) is 57.3 Å². The van der Waals surface area contributed by atoms with Gasteiger partial charge in [0.15, 0.2) is 0 Å². The summed E-state index contributed by atoms with van der Waals surface area (Å²) in [5.41, 5.74) is 2.34. The van der Waals surface area contributed by atoms with Crippen molar-refractivity contribution in [1.82, 2.24) is 15.1 Å². The molecule has 146 valence electrons. The van der Waals surface area contributed by atoms with Gasteiger partial charge in [-0.1, -0.05) is 18.2 Å². The molecular weight excluding hydrogens is 340 g/mol. The average molecular weight is 370 g/mol. The van der Waals surface area contributed by atoms with Crippen molar-refractivity contribution in [1.29, 1.82) is 0 Å². The number of carbonyl (C=O) groups excluding carboxylic acids is 2. The van der Waals surface area contributed by atoms with Crippen LogP contribution in [0.5, 0.6) is 0 Å². The van der Waals surface area contributed by atoms with Gasteiger partial charge in [0.05, 0.1) is 0 Å². The lowest BCUT2D eigenvalue weighted by atomic mass is 9.95. The highest BCUT2D eigenvalue weighted by Gasteiger charge is 2.33. The van der Waals surface area contributed by atoms with Gasteiger partial charge in [0, 0.05) is 43.8 Å². The molecule has 6 heteroatoms. The first-order chi connectivity index (χ1) is 13.1. The molecule has 27 heavy (non-hydrogen) atoms. The number of benzene rings is 1. The molecule has 2 saturated heterocycles. The molecule has 0 unspecified atom stereocenters. The van der Waals surface area contributed by atoms with E-state index in [0.717, 1.165) is 57.4 Å². The van der Waals surface area contributed by atoms with Gasteiger partial charge >= 0.3 is 6.03 Å². The van der Waals surface area contributed by atoms with E-state index in [9.17, 15) is 9.59 Å². The van der Waals surface area contributed by atoms with Gasteiger partial charge in [0.25, 0.3) is 0 Å².